The van der Waals surface area contributed by atoms with Crippen molar-refractivity contribution in [2.24, 2.45) is 7.05 Å². The van der Waals surface area contributed by atoms with Crippen LogP contribution >= 0.6 is 0 Å². The van der Waals surface area contributed by atoms with E-state index in [1.54, 1.807) is 17.4 Å². The summed E-state index contributed by atoms with van der Waals surface area (Å²) in [6, 6.07) is -0.368. The standard InChI is InChI=1S/C14H21FN4O2/c1-17-10-16-7-12(17)9-19-8-11(15)6-13(19)14(20)18-2-4-21-5-3-18/h7,10-11,13H,2-6,8-9H2,1H3/t11-,13+/m1/s1. The number of nitrogens with zero attached hydrogens (tertiary/aromatic N) is 4. The maximum absolute atomic E-state index is 13.8. The predicted molar refractivity (Wildman–Crippen MR) is 74.3 cm³/mol. The van der Waals surface area contributed by atoms with Gasteiger partial charge in [-0.15, -0.1) is 0 Å². The molecule has 0 bridgehead atoms. The first-order valence-electron chi connectivity index (χ1n) is 7.35. The second-order valence-electron chi connectivity index (χ2n) is 5.71. The number of carbonyl (C=O) groups is 1. The Hall–Kier alpha value is -1.47. The summed E-state index contributed by atoms with van der Waals surface area (Å²) in [5, 5.41) is 0. The van der Waals surface area contributed by atoms with Crippen LogP contribution < -0.4 is 0 Å². The van der Waals surface area contributed by atoms with Gasteiger partial charge in [-0.2, -0.15) is 0 Å². The maximum Gasteiger partial charge on any atom is 0.240 e. The third kappa shape index (κ3) is 3.08. The highest BCUT2D eigenvalue weighted by molar-refractivity contribution is 5.82. The smallest absolute Gasteiger partial charge is 0.240 e. The van der Waals surface area contributed by atoms with Gasteiger partial charge >= 0.3 is 0 Å². The second-order valence-corrected chi connectivity index (χ2v) is 5.71. The lowest BCUT2D eigenvalue weighted by molar-refractivity contribution is -0.140. The number of likely N-dealkylation sites (tertiary alicyclic amines) is 1. The molecule has 3 heterocycles. The zero-order valence-electron chi connectivity index (χ0n) is 12.2. The van der Waals surface area contributed by atoms with Gasteiger partial charge in [0.2, 0.25) is 5.91 Å². The van der Waals surface area contributed by atoms with Gasteiger partial charge in [0.05, 0.1) is 31.3 Å². The third-order valence-corrected chi connectivity index (χ3v) is 4.24. The van der Waals surface area contributed by atoms with Crippen molar-refractivity contribution in [1.82, 2.24) is 19.4 Å². The summed E-state index contributed by atoms with van der Waals surface area (Å²) in [4.78, 5) is 20.4. The van der Waals surface area contributed by atoms with Gasteiger partial charge in [-0.1, -0.05) is 0 Å². The first-order valence-corrected chi connectivity index (χ1v) is 7.35. The summed E-state index contributed by atoms with van der Waals surface area (Å²) >= 11 is 0. The Morgan fingerprint density at radius 1 is 1.48 bits per heavy atom. The number of alkyl halides is 1. The number of hydrogen-bond donors (Lipinski definition) is 0. The van der Waals surface area contributed by atoms with Crippen LogP contribution in [0.2, 0.25) is 0 Å². The van der Waals surface area contributed by atoms with Crippen LogP contribution in [0.1, 0.15) is 12.1 Å². The van der Waals surface area contributed by atoms with Crippen molar-refractivity contribution in [3.63, 3.8) is 0 Å². The van der Waals surface area contributed by atoms with Crippen molar-refractivity contribution in [3.8, 4) is 0 Å². The summed E-state index contributed by atoms with van der Waals surface area (Å²) in [7, 11) is 1.91. The van der Waals surface area contributed by atoms with Crippen molar-refractivity contribution in [2.45, 2.75) is 25.2 Å². The lowest BCUT2D eigenvalue weighted by atomic mass is 10.1. The Morgan fingerprint density at radius 3 is 2.90 bits per heavy atom. The van der Waals surface area contributed by atoms with Gasteiger partial charge in [-0.3, -0.25) is 9.69 Å². The van der Waals surface area contributed by atoms with Gasteiger partial charge < -0.3 is 14.2 Å². The Kier molecular flexibility index (Phi) is 4.21. The minimum Gasteiger partial charge on any atom is -0.378 e. The molecule has 1 aromatic rings. The molecule has 116 valence electrons. The Morgan fingerprint density at radius 2 is 2.24 bits per heavy atom. The Balaban J connectivity index is 1.69. The fourth-order valence-electron chi connectivity index (χ4n) is 3.02. The molecule has 0 N–H and O–H groups in total. The number of aryl methyl sites for hydroxylation is 1. The minimum atomic E-state index is -0.937. The molecule has 0 aliphatic carbocycles. The van der Waals surface area contributed by atoms with Gasteiger partial charge in [0.15, 0.2) is 0 Å². The van der Waals surface area contributed by atoms with Crippen LogP contribution in [0.5, 0.6) is 0 Å². The number of halogens is 1. The molecule has 6 nitrogen and oxygen atoms in total. The van der Waals surface area contributed by atoms with Gasteiger partial charge in [0.25, 0.3) is 0 Å². The second kappa shape index (κ2) is 6.11. The van der Waals surface area contributed by atoms with Gasteiger partial charge in [0, 0.05) is 45.8 Å². The van der Waals surface area contributed by atoms with E-state index < -0.39 is 6.17 Å². The molecule has 2 aliphatic rings. The maximum atomic E-state index is 13.8. The number of rotatable bonds is 3. The normalized spacial score (nSPS) is 27.2. The highest BCUT2D eigenvalue weighted by Crippen LogP contribution is 2.24. The average Bonchev–Trinajstić information content (AvgIpc) is 3.06. The lowest BCUT2D eigenvalue weighted by Gasteiger charge is -2.32. The molecule has 0 unspecified atom stereocenters. The SMILES string of the molecule is Cn1cncc1CN1C[C@H](F)C[C@H]1C(=O)N1CCOCC1. The van der Waals surface area contributed by atoms with E-state index in [-0.39, 0.29) is 18.4 Å². The summed E-state index contributed by atoms with van der Waals surface area (Å²) < 4.78 is 21.0. The van der Waals surface area contributed by atoms with Gasteiger partial charge in [0.1, 0.15) is 6.17 Å². The van der Waals surface area contributed by atoms with Crippen LogP contribution in [0.15, 0.2) is 12.5 Å². The Labute approximate surface area is 123 Å². The molecule has 21 heavy (non-hydrogen) atoms. The summed E-state index contributed by atoms with van der Waals surface area (Å²) in [5.41, 5.74) is 0.990. The largest absolute Gasteiger partial charge is 0.378 e. The van der Waals surface area contributed by atoms with Crippen LogP contribution in [0, 0.1) is 0 Å². The highest BCUT2D eigenvalue weighted by atomic mass is 19.1. The van der Waals surface area contributed by atoms with Crippen LogP contribution in [0.3, 0.4) is 0 Å². The van der Waals surface area contributed by atoms with Crippen molar-refractivity contribution < 1.29 is 13.9 Å². The molecule has 2 saturated heterocycles. The highest BCUT2D eigenvalue weighted by Gasteiger charge is 2.39. The minimum absolute atomic E-state index is 0.0284. The molecule has 0 saturated carbocycles. The summed E-state index contributed by atoms with van der Waals surface area (Å²) in [6.07, 6.45) is 2.83. The molecule has 3 rings (SSSR count). The fraction of sp³-hybridized carbons (Fsp3) is 0.714. The molecule has 1 amide bonds. The van der Waals surface area contributed by atoms with Crippen molar-refractivity contribution in [1.29, 1.82) is 0 Å². The topological polar surface area (TPSA) is 50.6 Å². The first kappa shape index (κ1) is 14.5. The zero-order chi connectivity index (χ0) is 14.8. The quantitative estimate of drug-likeness (QED) is 0.799. The van der Waals surface area contributed by atoms with Gasteiger partial charge in [-0.25, -0.2) is 9.37 Å². The van der Waals surface area contributed by atoms with Crippen molar-refractivity contribution in [3.05, 3.63) is 18.2 Å². The molecule has 0 spiro atoms. The first-order chi connectivity index (χ1) is 10.1. The monoisotopic (exact) mass is 296 g/mol. The fourth-order valence-corrected chi connectivity index (χ4v) is 3.02. The lowest BCUT2D eigenvalue weighted by Crippen LogP contribution is -2.49. The van der Waals surface area contributed by atoms with Crippen LogP contribution in [0.4, 0.5) is 4.39 Å². The number of morpholine rings is 1. The number of amides is 1. The summed E-state index contributed by atoms with van der Waals surface area (Å²) in [5.74, 6) is 0.0284. The average molecular weight is 296 g/mol. The molecular formula is C14H21FN4O2. The van der Waals surface area contributed by atoms with E-state index in [1.165, 1.54) is 0 Å². The molecular weight excluding hydrogens is 275 g/mol. The molecule has 2 atom stereocenters. The van der Waals surface area contributed by atoms with E-state index in [2.05, 4.69) is 4.98 Å². The molecule has 0 radical (unpaired) electrons. The predicted octanol–water partition coefficient (Wildman–Crippen LogP) is 0.191. The number of ether oxygens (including phenoxy) is 1. The van der Waals surface area contributed by atoms with E-state index in [4.69, 9.17) is 4.74 Å². The zero-order valence-corrected chi connectivity index (χ0v) is 12.2. The van der Waals surface area contributed by atoms with Gasteiger partial charge in [-0.05, 0) is 0 Å². The molecule has 2 aliphatic heterocycles. The number of imidazole rings is 1. The van der Waals surface area contributed by atoms with E-state index in [0.717, 1.165) is 5.69 Å². The summed E-state index contributed by atoms with van der Waals surface area (Å²) in [6.45, 7) is 3.21. The van der Waals surface area contributed by atoms with E-state index >= 15 is 0 Å². The number of carbonyl (C=O) groups excluding carboxylic acids is 1. The van der Waals surface area contributed by atoms with Crippen molar-refractivity contribution >= 4 is 5.91 Å². The van der Waals surface area contributed by atoms with Crippen LogP contribution in [0.25, 0.3) is 0 Å². The van der Waals surface area contributed by atoms with E-state index in [0.29, 0.717) is 39.4 Å². The van der Waals surface area contributed by atoms with Crippen molar-refractivity contribution in [2.75, 3.05) is 32.8 Å². The Bertz CT molecular complexity index is 501. The third-order valence-electron chi connectivity index (χ3n) is 4.24. The molecule has 2 fully saturated rings. The van der Waals surface area contributed by atoms with E-state index in [9.17, 15) is 9.18 Å². The molecule has 7 heteroatoms. The molecule has 0 aromatic carbocycles. The van der Waals surface area contributed by atoms with E-state index in [1.807, 2.05) is 16.5 Å². The van der Waals surface area contributed by atoms with Crippen LogP contribution in [-0.4, -0.2) is 70.3 Å². The number of hydrogen-bond acceptors (Lipinski definition) is 4. The molecule has 1 aromatic heterocycles. The van der Waals surface area contributed by atoms with Crippen LogP contribution in [-0.2, 0) is 23.1 Å². The number of aromatic nitrogens is 2.